The van der Waals surface area contributed by atoms with Crippen LogP contribution in [0.2, 0.25) is 0 Å². The molecular weight excluding hydrogens is 273 g/mol. The molecule has 20 heavy (non-hydrogen) atoms. The van der Waals surface area contributed by atoms with E-state index in [4.69, 9.17) is 17.5 Å². The van der Waals surface area contributed by atoms with Crippen LogP contribution in [0, 0.1) is 24.1 Å². The van der Waals surface area contributed by atoms with E-state index in [-0.39, 0.29) is 5.82 Å². The molecule has 0 aliphatic heterocycles. The van der Waals surface area contributed by atoms with Gasteiger partial charge in [-0.3, -0.25) is 0 Å². The Morgan fingerprint density at radius 3 is 2.50 bits per heavy atom. The summed E-state index contributed by atoms with van der Waals surface area (Å²) < 4.78 is 13.4. The fourth-order valence-electron chi connectivity index (χ4n) is 1.63. The summed E-state index contributed by atoms with van der Waals surface area (Å²) in [5.41, 5.74) is 2.39. The molecule has 2 aromatic rings. The van der Waals surface area contributed by atoms with Gasteiger partial charge in [-0.1, -0.05) is 12.1 Å². The Morgan fingerprint density at radius 2 is 1.85 bits per heavy atom. The van der Waals surface area contributed by atoms with Crippen LogP contribution in [-0.2, 0) is 0 Å². The largest absolute Gasteiger partial charge is 0.332 e. The molecule has 0 amide bonds. The van der Waals surface area contributed by atoms with Crippen molar-refractivity contribution in [1.82, 2.24) is 0 Å². The summed E-state index contributed by atoms with van der Waals surface area (Å²) in [6.45, 7) is 1.70. The van der Waals surface area contributed by atoms with Crippen molar-refractivity contribution in [3.63, 3.8) is 0 Å². The second-order valence-electron chi connectivity index (χ2n) is 4.24. The van der Waals surface area contributed by atoms with E-state index in [0.29, 0.717) is 27.6 Å². The summed E-state index contributed by atoms with van der Waals surface area (Å²) in [4.78, 5) is 0. The molecule has 5 heteroatoms. The number of halogens is 1. The highest BCUT2D eigenvalue weighted by molar-refractivity contribution is 7.80. The van der Waals surface area contributed by atoms with Crippen LogP contribution in [0.15, 0.2) is 42.5 Å². The Bertz CT molecular complexity index is 692. The Balaban J connectivity index is 2.05. The molecule has 2 aromatic carbocycles. The Labute approximate surface area is 122 Å². The molecule has 0 unspecified atom stereocenters. The fourth-order valence-corrected chi connectivity index (χ4v) is 1.87. The molecule has 0 radical (unpaired) electrons. The number of nitriles is 1. The zero-order valence-electron chi connectivity index (χ0n) is 10.8. The zero-order chi connectivity index (χ0) is 14.5. The zero-order valence-corrected chi connectivity index (χ0v) is 11.6. The maximum Gasteiger partial charge on any atom is 0.175 e. The van der Waals surface area contributed by atoms with Gasteiger partial charge in [-0.2, -0.15) is 5.26 Å². The highest BCUT2D eigenvalue weighted by atomic mass is 32.1. The van der Waals surface area contributed by atoms with Gasteiger partial charge in [0.05, 0.1) is 11.6 Å². The van der Waals surface area contributed by atoms with E-state index in [2.05, 4.69) is 16.7 Å². The lowest BCUT2D eigenvalue weighted by molar-refractivity contribution is 0.619. The number of anilines is 2. The topological polar surface area (TPSA) is 47.8 Å². The highest BCUT2D eigenvalue weighted by Crippen LogP contribution is 2.15. The van der Waals surface area contributed by atoms with E-state index < -0.39 is 0 Å². The number of hydrogen-bond donors (Lipinski definition) is 2. The Hall–Kier alpha value is -2.45. The molecule has 0 aliphatic rings. The second-order valence-corrected chi connectivity index (χ2v) is 4.64. The van der Waals surface area contributed by atoms with Crippen molar-refractivity contribution < 1.29 is 4.39 Å². The van der Waals surface area contributed by atoms with Gasteiger partial charge in [0.2, 0.25) is 0 Å². The number of benzene rings is 2. The van der Waals surface area contributed by atoms with E-state index in [1.807, 2.05) is 0 Å². The number of thiocarbonyl (C=S) groups is 1. The van der Waals surface area contributed by atoms with Crippen LogP contribution in [0.3, 0.4) is 0 Å². The van der Waals surface area contributed by atoms with Crippen molar-refractivity contribution in [3.8, 4) is 6.07 Å². The van der Waals surface area contributed by atoms with Gasteiger partial charge >= 0.3 is 0 Å². The van der Waals surface area contributed by atoms with E-state index in [1.54, 1.807) is 43.3 Å². The minimum absolute atomic E-state index is 0.288. The molecule has 0 fully saturated rings. The maximum absolute atomic E-state index is 13.4. The molecule has 0 aromatic heterocycles. The number of hydrogen-bond acceptors (Lipinski definition) is 2. The third kappa shape index (κ3) is 3.53. The van der Waals surface area contributed by atoms with Crippen molar-refractivity contribution in [1.29, 1.82) is 5.26 Å². The van der Waals surface area contributed by atoms with Gasteiger partial charge in [0, 0.05) is 11.4 Å². The third-order valence-corrected chi connectivity index (χ3v) is 2.88. The molecule has 2 N–H and O–H groups in total. The standard InChI is InChI=1S/C15H12FN3S/c1-10-5-6-13(8-14(10)16)19-15(20)18-12-4-2-3-11(7-12)9-17/h2-8H,1H3,(H2,18,19,20). The van der Waals surface area contributed by atoms with E-state index in [9.17, 15) is 4.39 Å². The summed E-state index contributed by atoms with van der Waals surface area (Å²) in [7, 11) is 0. The molecule has 0 bridgehead atoms. The summed E-state index contributed by atoms with van der Waals surface area (Å²) in [6.07, 6.45) is 0. The van der Waals surface area contributed by atoms with Gasteiger partial charge < -0.3 is 10.6 Å². The molecule has 100 valence electrons. The second kappa shape index (κ2) is 6.13. The molecule has 2 rings (SSSR count). The highest BCUT2D eigenvalue weighted by Gasteiger charge is 2.02. The van der Waals surface area contributed by atoms with Gasteiger partial charge in [-0.15, -0.1) is 0 Å². The fraction of sp³-hybridized carbons (Fsp3) is 0.0667. The quantitative estimate of drug-likeness (QED) is 0.824. The summed E-state index contributed by atoms with van der Waals surface area (Å²) in [5, 5.41) is 15.0. The van der Waals surface area contributed by atoms with Gasteiger partial charge in [-0.05, 0) is 55.0 Å². The van der Waals surface area contributed by atoms with E-state index in [1.165, 1.54) is 6.07 Å². The minimum atomic E-state index is -0.288. The van der Waals surface area contributed by atoms with Gasteiger partial charge in [0.15, 0.2) is 5.11 Å². The van der Waals surface area contributed by atoms with Crippen LogP contribution in [0.1, 0.15) is 11.1 Å². The van der Waals surface area contributed by atoms with Gasteiger partial charge in [-0.25, -0.2) is 4.39 Å². The predicted octanol–water partition coefficient (Wildman–Crippen LogP) is 3.81. The SMILES string of the molecule is Cc1ccc(NC(=S)Nc2cccc(C#N)c2)cc1F. The van der Waals surface area contributed by atoms with E-state index in [0.717, 1.165) is 0 Å². The first-order chi connectivity index (χ1) is 9.58. The van der Waals surface area contributed by atoms with Crippen LogP contribution in [0.5, 0.6) is 0 Å². The van der Waals surface area contributed by atoms with Crippen LogP contribution < -0.4 is 10.6 Å². The lowest BCUT2D eigenvalue weighted by atomic mass is 10.2. The average molecular weight is 285 g/mol. The summed E-state index contributed by atoms with van der Waals surface area (Å²) in [5.74, 6) is -0.288. The summed E-state index contributed by atoms with van der Waals surface area (Å²) in [6, 6.07) is 13.8. The smallest absolute Gasteiger partial charge is 0.175 e. The van der Waals surface area contributed by atoms with E-state index >= 15 is 0 Å². The number of nitrogens with one attached hydrogen (secondary N) is 2. The average Bonchev–Trinajstić information content (AvgIpc) is 2.43. The monoisotopic (exact) mass is 285 g/mol. The molecule has 0 heterocycles. The molecule has 0 saturated carbocycles. The van der Waals surface area contributed by atoms with Crippen LogP contribution >= 0.6 is 12.2 Å². The lowest BCUT2D eigenvalue weighted by Gasteiger charge is -2.11. The first-order valence-electron chi connectivity index (χ1n) is 5.93. The Morgan fingerprint density at radius 1 is 1.15 bits per heavy atom. The molecule has 0 aliphatic carbocycles. The molecule has 0 saturated heterocycles. The van der Waals surface area contributed by atoms with Crippen LogP contribution in [0.25, 0.3) is 0 Å². The molecule has 0 atom stereocenters. The lowest BCUT2D eigenvalue weighted by Crippen LogP contribution is -2.19. The van der Waals surface area contributed by atoms with Gasteiger partial charge in [0.1, 0.15) is 5.82 Å². The first kappa shape index (κ1) is 14.0. The molecule has 3 nitrogen and oxygen atoms in total. The Kier molecular flexibility index (Phi) is 4.28. The van der Waals surface area contributed by atoms with Crippen molar-refractivity contribution in [2.75, 3.05) is 10.6 Å². The first-order valence-corrected chi connectivity index (χ1v) is 6.33. The van der Waals surface area contributed by atoms with Crippen LogP contribution in [-0.4, -0.2) is 5.11 Å². The maximum atomic E-state index is 13.4. The predicted molar refractivity (Wildman–Crippen MR) is 82.1 cm³/mol. The van der Waals surface area contributed by atoms with Gasteiger partial charge in [0.25, 0.3) is 0 Å². The number of aryl methyl sites for hydroxylation is 1. The van der Waals surface area contributed by atoms with Crippen LogP contribution in [0.4, 0.5) is 15.8 Å². The number of rotatable bonds is 2. The molecular formula is C15H12FN3S. The normalized spacial score (nSPS) is 9.65. The summed E-state index contributed by atoms with van der Waals surface area (Å²) >= 11 is 5.15. The minimum Gasteiger partial charge on any atom is -0.332 e. The van der Waals surface area contributed by atoms with Crippen molar-refractivity contribution in [2.45, 2.75) is 6.92 Å². The number of nitrogens with zero attached hydrogens (tertiary/aromatic N) is 1. The van der Waals surface area contributed by atoms with Crippen molar-refractivity contribution >= 4 is 28.7 Å². The van der Waals surface area contributed by atoms with Crippen molar-refractivity contribution in [2.24, 2.45) is 0 Å². The molecule has 0 spiro atoms. The third-order valence-electron chi connectivity index (χ3n) is 2.68. The van der Waals surface area contributed by atoms with Crippen molar-refractivity contribution in [3.05, 3.63) is 59.4 Å².